The van der Waals surface area contributed by atoms with Crippen molar-refractivity contribution in [3.05, 3.63) is 96.8 Å². The van der Waals surface area contributed by atoms with Crippen LogP contribution in [0.25, 0.3) is 17.5 Å². The smallest absolute Gasteiger partial charge is 0.248 e. The van der Waals surface area contributed by atoms with Crippen molar-refractivity contribution >= 4 is 17.7 Å². The molecule has 4 rings (SSSR count). The predicted molar refractivity (Wildman–Crippen MR) is 112 cm³/mol. The van der Waals surface area contributed by atoms with E-state index in [-0.39, 0.29) is 11.7 Å². The number of nitrogens with one attached hydrogen (secondary N) is 2. The summed E-state index contributed by atoms with van der Waals surface area (Å²) < 4.78 is 19.8. The van der Waals surface area contributed by atoms with Gasteiger partial charge in [-0.15, -0.1) is 0 Å². The van der Waals surface area contributed by atoms with Gasteiger partial charge in [0.2, 0.25) is 5.91 Å². The third-order valence-corrected chi connectivity index (χ3v) is 4.15. The molecule has 2 aromatic heterocycles. The molecule has 0 bridgehead atoms. The first-order valence-corrected chi connectivity index (χ1v) is 9.14. The number of carbonyl (C=O) groups excluding carboxylic acids is 1. The molecule has 0 spiro atoms. The van der Waals surface area contributed by atoms with Gasteiger partial charge in [-0.2, -0.15) is 0 Å². The van der Waals surface area contributed by atoms with Crippen LogP contribution in [0.15, 0.2) is 85.5 Å². The molecular formula is C23H17FN4O2. The molecule has 2 heterocycles. The summed E-state index contributed by atoms with van der Waals surface area (Å²) in [5.74, 6) is 0.371. The Bertz CT molecular complexity index is 1180. The van der Waals surface area contributed by atoms with Crippen LogP contribution in [-0.4, -0.2) is 20.9 Å². The number of H-pyrrole nitrogens is 1. The van der Waals surface area contributed by atoms with Crippen LogP contribution in [0.4, 0.5) is 10.1 Å². The zero-order valence-corrected chi connectivity index (χ0v) is 15.7. The zero-order valence-electron chi connectivity index (χ0n) is 15.7. The van der Waals surface area contributed by atoms with Gasteiger partial charge in [-0.3, -0.25) is 9.78 Å². The Labute approximate surface area is 172 Å². The lowest BCUT2D eigenvalue weighted by molar-refractivity contribution is -0.111. The van der Waals surface area contributed by atoms with E-state index in [1.54, 1.807) is 42.9 Å². The Kier molecular flexibility index (Phi) is 5.61. The van der Waals surface area contributed by atoms with E-state index in [9.17, 15) is 9.18 Å². The maximum Gasteiger partial charge on any atom is 0.248 e. The van der Waals surface area contributed by atoms with Crippen LogP contribution < -0.4 is 10.1 Å². The summed E-state index contributed by atoms with van der Waals surface area (Å²) in [7, 11) is 0. The number of carbonyl (C=O) groups is 1. The van der Waals surface area contributed by atoms with Gasteiger partial charge in [0.25, 0.3) is 0 Å². The SMILES string of the molecule is O=C(C=Cc1ccc(Oc2cccnc2)c(F)c1)Nc1cccc(-c2ncc[nH]2)c1. The van der Waals surface area contributed by atoms with Crippen molar-refractivity contribution in [3.63, 3.8) is 0 Å². The van der Waals surface area contributed by atoms with E-state index in [1.165, 1.54) is 30.5 Å². The molecule has 7 heteroatoms. The minimum atomic E-state index is -0.535. The summed E-state index contributed by atoms with van der Waals surface area (Å²) in [6, 6.07) is 15.2. The number of nitrogens with zero attached hydrogens (tertiary/aromatic N) is 2. The van der Waals surface area contributed by atoms with Gasteiger partial charge in [0.15, 0.2) is 11.6 Å². The van der Waals surface area contributed by atoms with Crippen molar-refractivity contribution in [2.75, 3.05) is 5.32 Å². The van der Waals surface area contributed by atoms with Gasteiger partial charge in [0.05, 0.1) is 6.20 Å². The lowest BCUT2D eigenvalue weighted by Gasteiger charge is -2.07. The van der Waals surface area contributed by atoms with Gasteiger partial charge in [-0.1, -0.05) is 18.2 Å². The molecule has 0 radical (unpaired) electrons. The molecule has 6 nitrogen and oxygen atoms in total. The lowest BCUT2D eigenvalue weighted by atomic mass is 10.2. The number of anilines is 1. The van der Waals surface area contributed by atoms with Crippen LogP contribution in [0.3, 0.4) is 0 Å². The number of benzene rings is 2. The highest BCUT2D eigenvalue weighted by Gasteiger charge is 2.06. The van der Waals surface area contributed by atoms with Crippen LogP contribution in [0.1, 0.15) is 5.56 Å². The third-order valence-electron chi connectivity index (χ3n) is 4.15. The maximum atomic E-state index is 14.3. The van der Waals surface area contributed by atoms with Crippen molar-refractivity contribution in [1.82, 2.24) is 15.0 Å². The zero-order chi connectivity index (χ0) is 20.8. The summed E-state index contributed by atoms with van der Waals surface area (Å²) in [6.07, 6.45) is 9.37. The number of imidazole rings is 1. The second kappa shape index (κ2) is 8.83. The van der Waals surface area contributed by atoms with Gasteiger partial charge in [-0.05, 0) is 48.0 Å². The molecule has 0 aliphatic carbocycles. The Morgan fingerprint density at radius 2 is 2.03 bits per heavy atom. The van der Waals surface area contributed by atoms with Crippen LogP contribution in [0.2, 0.25) is 0 Å². The lowest BCUT2D eigenvalue weighted by Crippen LogP contribution is -2.07. The molecule has 1 amide bonds. The summed E-state index contributed by atoms with van der Waals surface area (Å²) in [5, 5.41) is 2.78. The Morgan fingerprint density at radius 3 is 2.80 bits per heavy atom. The fourth-order valence-corrected chi connectivity index (χ4v) is 2.76. The minimum Gasteiger partial charge on any atom is -0.453 e. The number of halogens is 1. The van der Waals surface area contributed by atoms with Crippen molar-refractivity contribution in [2.45, 2.75) is 0 Å². The highest BCUT2D eigenvalue weighted by molar-refractivity contribution is 6.02. The number of ether oxygens (including phenoxy) is 1. The van der Waals surface area contributed by atoms with E-state index in [0.717, 1.165) is 5.56 Å². The monoisotopic (exact) mass is 400 g/mol. The Hall–Kier alpha value is -4.26. The standard InChI is InChI=1S/C23H17FN4O2/c24-20-13-16(6-8-21(20)30-19-5-2-10-25-15-19)7-9-22(29)28-18-4-1-3-17(14-18)23-26-11-12-27-23/h1-15H,(H,26,27)(H,28,29). The first-order chi connectivity index (χ1) is 14.7. The van der Waals surface area contributed by atoms with E-state index in [0.29, 0.717) is 22.8 Å². The maximum absolute atomic E-state index is 14.3. The molecule has 0 aliphatic rings. The summed E-state index contributed by atoms with van der Waals surface area (Å²) in [5.41, 5.74) is 2.02. The first-order valence-electron chi connectivity index (χ1n) is 9.14. The number of pyridine rings is 1. The highest BCUT2D eigenvalue weighted by atomic mass is 19.1. The molecule has 4 aromatic rings. The minimum absolute atomic E-state index is 0.0827. The molecule has 2 aromatic carbocycles. The largest absolute Gasteiger partial charge is 0.453 e. The molecule has 30 heavy (non-hydrogen) atoms. The Morgan fingerprint density at radius 1 is 1.10 bits per heavy atom. The predicted octanol–water partition coefficient (Wildman–Crippen LogP) is 5.06. The number of rotatable bonds is 6. The normalized spacial score (nSPS) is 10.8. The number of aromatic nitrogens is 3. The molecule has 0 saturated heterocycles. The van der Waals surface area contributed by atoms with Crippen LogP contribution >= 0.6 is 0 Å². The topological polar surface area (TPSA) is 79.9 Å². The fraction of sp³-hybridized carbons (Fsp3) is 0. The number of hydrogen-bond donors (Lipinski definition) is 2. The van der Waals surface area contributed by atoms with Gasteiger partial charge >= 0.3 is 0 Å². The first kappa shape index (κ1) is 19.1. The third kappa shape index (κ3) is 4.77. The van der Waals surface area contributed by atoms with E-state index in [4.69, 9.17) is 4.74 Å². The van der Waals surface area contributed by atoms with Gasteiger partial charge in [-0.25, -0.2) is 9.37 Å². The second-order valence-corrected chi connectivity index (χ2v) is 6.32. The molecule has 0 unspecified atom stereocenters. The van der Waals surface area contributed by atoms with Crippen molar-refractivity contribution in [3.8, 4) is 22.9 Å². The van der Waals surface area contributed by atoms with Gasteiger partial charge < -0.3 is 15.0 Å². The number of amides is 1. The fourth-order valence-electron chi connectivity index (χ4n) is 2.76. The van der Waals surface area contributed by atoms with E-state index >= 15 is 0 Å². The molecule has 2 N–H and O–H groups in total. The highest BCUT2D eigenvalue weighted by Crippen LogP contribution is 2.25. The van der Waals surface area contributed by atoms with Gasteiger partial charge in [0.1, 0.15) is 11.6 Å². The number of hydrogen-bond acceptors (Lipinski definition) is 4. The Balaban J connectivity index is 1.40. The van der Waals surface area contributed by atoms with E-state index in [2.05, 4.69) is 20.3 Å². The molecule has 148 valence electrons. The summed E-state index contributed by atoms with van der Waals surface area (Å²) in [4.78, 5) is 23.4. The van der Waals surface area contributed by atoms with E-state index in [1.807, 2.05) is 18.2 Å². The molecular weight excluding hydrogens is 383 g/mol. The molecule has 0 aliphatic heterocycles. The molecule has 0 atom stereocenters. The molecule has 0 fully saturated rings. The molecule has 0 saturated carbocycles. The summed E-state index contributed by atoms with van der Waals surface area (Å²) in [6.45, 7) is 0. The van der Waals surface area contributed by atoms with Crippen LogP contribution in [0, 0.1) is 5.82 Å². The quantitative estimate of drug-likeness (QED) is 0.444. The van der Waals surface area contributed by atoms with Crippen LogP contribution in [-0.2, 0) is 4.79 Å². The second-order valence-electron chi connectivity index (χ2n) is 6.32. The van der Waals surface area contributed by atoms with Crippen molar-refractivity contribution in [1.29, 1.82) is 0 Å². The number of aromatic amines is 1. The van der Waals surface area contributed by atoms with Crippen molar-refractivity contribution in [2.24, 2.45) is 0 Å². The van der Waals surface area contributed by atoms with Crippen LogP contribution in [0.5, 0.6) is 11.5 Å². The average molecular weight is 400 g/mol. The van der Waals surface area contributed by atoms with Crippen molar-refractivity contribution < 1.29 is 13.9 Å². The average Bonchev–Trinajstić information content (AvgIpc) is 3.30. The summed E-state index contributed by atoms with van der Waals surface area (Å²) >= 11 is 0. The van der Waals surface area contributed by atoms with E-state index < -0.39 is 5.82 Å². The van der Waals surface area contributed by atoms with Gasteiger partial charge in [0, 0.05) is 35.9 Å².